The van der Waals surface area contributed by atoms with Crippen LogP contribution in [0.15, 0.2) is 28.9 Å². The zero-order chi connectivity index (χ0) is 15.4. The van der Waals surface area contributed by atoms with Crippen molar-refractivity contribution >= 4 is 15.9 Å². The van der Waals surface area contributed by atoms with Crippen molar-refractivity contribution in [1.82, 2.24) is 15.2 Å². The molecule has 1 aromatic heterocycles. The van der Waals surface area contributed by atoms with Crippen molar-refractivity contribution in [2.45, 2.75) is 12.6 Å². The molecular weight excluding hydrogens is 346 g/mol. The predicted molar refractivity (Wildman–Crippen MR) is 77.3 cm³/mol. The van der Waals surface area contributed by atoms with Crippen LogP contribution >= 0.6 is 15.9 Å². The molecule has 0 bridgehead atoms. The van der Waals surface area contributed by atoms with E-state index in [9.17, 15) is 8.78 Å². The summed E-state index contributed by atoms with van der Waals surface area (Å²) in [6, 6.07) is 2.67. The van der Waals surface area contributed by atoms with Crippen molar-refractivity contribution in [2.24, 2.45) is 5.84 Å². The molecule has 0 fully saturated rings. The van der Waals surface area contributed by atoms with Gasteiger partial charge in [-0.15, -0.1) is 0 Å². The van der Waals surface area contributed by atoms with Gasteiger partial charge in [0, 0.05) is 13.2 Å². The molecule has 0 aliphatic rings. The van der Waals surface area contributed by atoms with Crippen LogP contribution < -0.4 is 11.3 Å². The Bertz CT molecular complexity index is 600. The average molecular weight is 361 g/mol. The van der Waals surface area contributed by atoms with Gasteiger partial charge in [0.2, 0.25) is 0 Å². The quantitative estimate of drug-likeness (QED) is 0.611. The highest BCUT2D eigenvalue weighted by molar-refractivity contribution is 9.10. The zero-order valence-electron chi connectivity index (χ0n) is 11.3. The number of ether oxygens (including phenoxy) is 1. The molecule has 114 valence electrons. The summed E-state index contributed by atoms with van der Waals surface area (Å²) in [6.07, 6.45) is 1.60. The van der Waals surface area contributed by atoms with Crippen LogP contribution in [0.25, 0.3) is 0 Å². The Balaban J connectivity index is 2.43. The summed E-state index contributed by atoms with van der Waals surface area (Å²) in [7, 11) is 1.58. The van der Waals surface area contributed by atoms with Gasteiger partial charge in [0.1, 0.15) is 11.6 Å². The first-order chi connectivity index (χ1) is 10.1. The highest BCUT2D eigenvalue weighted by Gasteiger charge is 2.22. The van der Waals surface area contributed by atoms with E-state index in [0.29, 0.717) is 28.9 Å². The number of hydrazine groups is 1. The van der Waals surface area contributed by atoms with Gasteiger partial charge in [-0.05, 0) is 33.6 Å². The second-order valence-electron chi connectivity index (χ2n) is 4.40. The second-order valence-corrected chi connectivity index (χ2v) is 5.25. The van der Waals surface area contributed by atoms with E-state index in [2.05, 4.69) is 26.5 Å². The van der Waals surface area contributed by atoms with Crippen LogP contribution in [0.3, 0.4) is 0 Å². The fourth-order valence-corrected chi connectivity index (χ4v) is 2.61. The average Bonchev–Trinajstić information content (AvgIpc) is 2.78. The van der Waals surface area contributed by atoms with Gasteiger partial charge < -0.3 is 4.74 Å². The number of benzene rings is 1. The summed E-state index contributed by atoms with van der Waals surface area (Å²) in [5.41, 5.74) is 3.60. The van der Waals surface area contributed by atoms with Gasteiger partial charge in [-0.3, -0.25) is 10.5 Å². The summed E-state index contributed by atoms with van der Waals surface area (Å²) in [5, 5.41) is 4.20. The van der Waals surface area contributed by atoms with E-state index in [1.807, 2.05) is 0 Å². The van der Waals surface area contributed by atoms with Crippen LogP contribution in [0.2, 0.25) is 0 Å². The Kier molecular flexibility index (Phi) is 5.40. The van der Waals surface area contributed by atoms with E-state index in [1.165, 1.54) is 12.1 Å². The molecule has 1 aromatic carbocycles. The zero-order valence-corrected chi connectivity index (χ0v) is 12.9. The molecule has 3 N–H and O–H groups in total. The fraction of sp³-hybridized carbons (Fsp3) is 0.308. The molecule has 2 aromatic rings. The molecule has 8 heteroatoms. The fourth-order valence-electron chi connectivity index (χ4n) is 2.09. The van der Waals surface area contributed by atoms with Gasteiger partial charge in [-0.25, -0.2) is 14.2 Å². The highest BCUT2D eigenvalue weighted by atomic mass is 79.9. The molecule has 1 heterocycles. The lowest BCUT2D eigenvalue weighted by atomic mass is 10.0. The van der Waals surface area contributed by atoms with Gasteiger partial charge in [0.15, 0.2) is 0 Å². The number of nitrogens with one attached hydrogen (secondary N) is 1. The maximum Gasteiger partial charge on any atom is 0.126 e. The minimum atomic E-state index is -0.663. The normalized spacial score (nSPS) is 12.6. The number of rotatable bonds is 6. The Labute approximate surface area is 129 Å². The van der Waals surface area contributed by atoms with E-state index in [0.717, 1.165) is 6.07 Å². The van der Waals surface area contributed by atoms with Gasteiger partial charge in [0.25, 0.3) is 0 Å². The van der Waals surface area contributed by atoms with Crippen LogP contribution in [0, 0.1) is 11.6 Å². The molecule has 21 heavy (non-hydrogen) atoms. The molecule has 2 rings (SSSR count). The van der Waals surface area contributed by atoms with Crippen LogP contribution in [0.4, 0.5) is 8.78 Å². The van der Waals surface area contributed by atoms with Crippen molar-refractivity contribution in [3.05, 3.63) is 51.8 Å². The Morgan fingerprint density at radius 2 is 2.05 bits per heavy atom. The lowest BCUT2D eigenvalue weighted by Crippen LogP contribution is -2.31. The highest BCUT2D eigenvalue weighted by Crippen LogP contribution is 2.29. The van der Waals surface area contributed by atoms with Gasteiger partial charge >= 0.3 is 0 Å². The monoisotopic (exact) mass is 360 g/mol. The maximum atomic E-state index is 13.4. The standard InChI is InChI=1S/C13H15BrF2N4O/c1-21-3-2-20-13(11(14)7-18-20)12(19-17)8-4-9(15)6-10(16)5-8/h4-7,12,19H,2-3,17H2,1H3. The van der Waals surface area contributed by atoms with Gasteiger partial charge in [-0.2, -0.15) is 5.10 Å². The van der Waals surface area contributed by atoms with E-state index in [4.69, 9.17) is 10.6 Å². The SMILES string of the molecule is COCCn1ncc(Br)c1C(NN)c1cc(F)cc(F)c1. The number of hydrogen-bond donors (Lipinski definition) is 2. The lowest BCUT2D eigenvalue weighted by molar-refractivity contribution is 0.182. The third-order valence-corrected chi connectivity index (χ3v) is 3.61. The van der Waals surface area contributed by atoms with Gasteiger partial charge in [0.05, 0.1) is 35.6 Å². The smallest absolute Gasteiger partial charge is 0.126 e. The molecular formula is C13H15BrF2N4O. The third kappa shape index (κ3) is 3.65. The number of nitrogens with two attached hydrogens (primary N) is 1. The van der Waals surface area contributed by atoms with Crippen molar-refractivity contribution in [3.8, 4) is 0 Å². The molecule has 5 nitrogen and oxygen atoms in total. The summed E-state index contributed by atoms with van der Waals surface area (Å²) >= 11 is 3.38. The molecule has 0 radical (unpaired) electrons. The topological polar surface area (TPSA) is 65.1 Å². The summed E-state index contributed by atoms with van der Waals surface area (Å²) in [5.74, 6) is 4.25. The minimum Gasteiger partial charge on any atom is -0.383 e. The minimum absolute atomic E-state index is 0.370. The van der Waals surface area contributed by atoms with Crippen LogP contribution in [0.5, 0.6) is 0 Å². The molecule has 1 atom stereocenters. The van der Waals surface area contributed by atoms with Gasteiger partial charge in [-0.1, -0.05) is 0 Å². The molecule has 0 saturated carbocycles. The summed E-state index contributed by atoms with van der Waals surface area (Å²) in [6.45, 7) is 0.948. The van der Waals surface area contributed by atoms with Crippen LogP contribution in [-0.4, -0.2) is 23.5 Å². The largest absolute Gasteiger partial charge is 0.383 e. The first kappa shape index (κ1) is 16.0. The van der Waals surface area contributed by atoms with E-state index < -0.39 is 17.7 Å². The Hall–Kier alpha value is -1.35. The van der Waals surface area contributed by atoms with Crippen molar-refractivity contribution in [1.29, 1.82) is 0 Å². The number of hydrogen-bond acceptors (Lipinski definition) is 4. The number of methoxy groups -OCH3 is 1. The molecule has 0 spiro atoms. The van der Waals surface area contributed by atoms with E-state index in [-0.39, 0.29) is 0 Å². The predicted octanol–water partition coefficient (Wildman–Crippen LogP) is 2.12. The number of aromatic nitrogens is 2. The maximum absolute atomic E-state index is 13.4. The van der Waals surface area contributed by atoms with Crippen LogP contribution in [-0.2, 0) is 11.3 Å². The Morgan fingerprint density at radius 3 is 2.62 bits per heavy atom. The molecule has 0 aliphatic carbocycles. The van der Waals surface area contributed by atoms with Crippen molar-refractivity contribution in [2.75, 3.05) is 13.7 Å². The summed E-state index contributed by atoms with van der Waals surface area (Å²) < 4.78 is 34.2. The second kappa shape index (κ2) is 7.08. The van der Waals surface area contributed by atoms with E-state index in [1.54, 1.807) is 18.0 Å². The first-order valence-corrected chi connectivity index (χ1v) is 6.98. The first-order valence-electron chi connectivity index (χ1n) is 6.19. The van der Waals surface area contributed by atoms with Crippen LogP contribution in [0.1, 0.15) is 17.3 Å². The molecule has 0 amide bonds. The summed E-state index contributed by atoms with van der Waals surface area (Å²) in [4.78, 5) is 0. The third-order valence-electron chi connectivity index (χ3n) is 3.00. The molecule has 0 aliphatic heterocycles. The molecule has 0 saturated heterocycles. The van der Waals surface area contributed by atoms with Crippen molar-refractivity contribution in [3.63, 3.8) is 0 Å². The van der Waals surface area contributed by atoms with E-state index >= 15 is 0 Å². The molecule has 1 unspecified atom stereocenters. The lowest BCUT2D eigenvalue weighted by Gasteiger charge is -2.19. The van der Waals surface area contributed by atoms with Crippen molar-refractivity contribution < 1.29 is 13.5 Å². The number of halogens is 3. The Morgan fingerprint density at radius 1 is 1.38 bits per heavy atom. The number of nitrogens with zero attached hydrogens (tertiary/aromatic N) is 2.